The highest BCUT2D eigenvalue weighted by atomic mass is 16.5. The van der Waals surface area contributed by atoms with Crippen LogP contribution in [-0.4, -0.2) is 12.5 Å². The van der Waals surface area contributed by atoms with Crippen LogP contribution >= 0.6 is 0 Å². The van der Waals surface area contributed by atoms with Gasteiger partial charge in [0.05, 0.1) is 13.0 Å². The van der Waals surface area contributed by atoms with Crippen molar-refractivity contribution < 1.29 is 9.53 Å². The van der Waals surface area contributed by atoms with Gasteiger partial charge in [-0.1, -0.05) is 12.1 Å². The van der Waals surface area contributed by atoms with Crippen LogP contribution in [0.2, 0.25) is 0 Å². The van der Waals surface area contributed by atoms with Crippen molar-refractivity contribution >= 4 is 5.91 Å². The molecule has 1 rings (SSSR count). The average Bonchev–Trinajstić information content (AvgIpc) is 2.23. The third-order valence-electron chi connectivity index (χ3n) is 2.13. The van der Waals surface area contributed by atoms with Crippen molar-refractivity contribution in [3.63, 3.8) is 0 Å². The van der Waals surface area contributed by atoms with Crippen LogP contribution in [0.15, 0.2) is 18.2 Å². The minimum absolute atomic E-state index is 0.181. The Labute approximate surface area is 94.8 Å². The molecule has 0 saturated heterocycles. The van der Waals surface area contributed by atoms with Gasteiger partial charge in [-0.05, 0) is 31.0 Å². The Morgan fingerprint density at radius 3 is 2.94 bits per heavy atom. The van der Waals surface area contributed by atoms with Gasteiger partial charge in [-0.3, -0.25) is 10.1 Å². The van der Waals surface area contributed by atoms with E-state index in [1.165, 1.54) is 0 Å². The molecule has 1 aromatic rings. The third-order valence-corrected chi connectivity index (χ3v) is 2.13. The number of aryl methyl sites for hydroxylation is 2. The Kier molecular flexibility index (Phi) is 4.34. The van der Waals surface area contributed by atoms with Crippen molar-refractivity contribution in [1.82, 2.24) is 5.32 Å². The van der Waals surface area contributed by atoms with Gasteiger partial charge < -0.3 is 4.74 Å². The number of carbonyl (C=O) groups is 1. The zero-order chi connectivity index (χ0) is 12.0. The van der Waals surface area contributed by atoms with E-state index in [2.05, 4.69) is 0 Å². The van der Waals surface area contributed by atoms with Crippen molar-refractivity contribution in [2.45, 2.75) is 20.3 Å². The molecular formula is C12H14N2O2. The number of hydrogen-bond acceptors (Lipinski definition) is 3. The average molecular weight is 218 g/mol. The summed E-state index contributed by atoms with van der Waals surface area (Å²) in [6.45, 7) is 4.20. The van der Waals surface area contributed by atoms with Gasteiger partial charge in [0.25, 0.3) is 0 Å². The summed E-state index contributed by atoms with van der Waals surface area (Å²) in [6.07, 6.45) is 1.76. The number of rotatable bonds is 4. The Morgan fingerprint density at radius 1 is 1.50 bits per heavy atom. The van der Waals surface area contributed by atoms with Crippen LogP contribution in [-0.2, 0) is 4.79 Å². The third kappa shape index (κ3) is 3.62. The fraction of sp³-hybridized carbons (Fsp3) is 0.333. The van der Waals surface area contributed by atoms with Crippen molar-refractivity contribution in [2.75, 3.05) is 6.61 Å². The normalized spacial score (nSPS) is 9.31. The van der Waals surface area contributed by atoms with Gasteiger partial charge in [0, 0.05) is 0 Å². The van der Waals surface area contributed by atoms with E-state index in [0.717, 1.165) is 16.9 Å². The zero-order valence-electron chi connectivity index (χ0n) is 9.41. The van der Waals surface area contributed by atoms with Gasteiger partial charge in [0.1, 0.15) is 5.75 Å². The SMILES string of the molecule is Cc1ccc(C)c(OCCC(=O)NC#N)c1. The van der Waals surface area contributed by atoms with Crippen molar-refractivity contribution in [3.05, 3.63) is 29.3 Å². The molecule has 0 spiro atoms. The van der Waals surface area contributed by atoms with E-state index in [9.17, 15) is 4.79 Å². The molecule has 84 valence electrons. The zero-order valence-corrected chi connectivity index (χ0v) is 9.41. The van der Waals surface area contributed by atoms with Crippen LogP contribution < -0.4 is 10.1 Å². The Bertz CT molecular complexity index is 422. The molecule has 0 atom stereocenters. The Hall–Kier alpha value is -2.02. The summed E-state index contributed by atoms with van der Waals surface area (Å²) in [5, 5.41) is 10.3. The quantitative estimate of drug-likeness (QED) is 0.617. The van der Waals surface area contributed by atoms with E-state index in [4.69, 9.17) is 10.00 Å². The van der Waals surface area contributed by atoms with E-state index in [1.54, 1.807) is 6.19 Å². The first-order valence-corrected chi connectivity index (χ1v) is 5.01. The monoisotopic (exact) mass is 218 g/mol. The molecule has 0 unspecified atom stereocenters. The molecule has 0 saturated carbocycles. The topological polar surface area (TPSA) is 62.1 Å². The standard InChI is InChI=1S/C12H14N2O2/c1-9-3-4-10(2)11(7-9)16-6-5-12(15)14-8-13/h3-4,7H,5-6H2,1-2H3,(H,14,15). The molecule has 0 aliphatic carbocycles. The second-order valence-corrected chi connectivity index (χ2v) is 3.53. The molecule has 0 aromatic heterocycles. The number of nitrogens with zero attached hydrogens (tertiary/aromatic N) is 1. The van der Waals surface area contributed by atoms with Gasteiger partial charge in [-0.15, -0.1) is 0 Å². The van der Waals surface area contributed by atoms with E-state index in [-0.39, 0.29) is 18.9 Å². The Morgan fingerprint density at radius 2 is 2.25 bits per heavy atom. The molecular weight excluding hydrogens is 204 g/mol. The van der Waals surface area contributed by atoms with Crippen LogP contribution in [0.5, 0.6) is 5.75 Å². The summed E-state index contributed by atoms with van der Waals surface area (Å²) >= 11 is 0. The highest BCUT2D eigenvalue weighted by Gasteiger charge is 2.03. The summed E-state index contributed by atoms with van der Waals surface area (Å²) in [6, 6.07) is 5.90. The predicted octanol–water partition coefficient (Wildman–Crippen LogP) is 1.67. The van der Waals surface area contributed by atoms with Crippen LogP contribution in [0.4, 0.5) is 0 Å². The van der Waals surface area contributed by atoms with Gasteiger partial charge in [-0.25, -0.2) is 0 Å². The maximum Gasteiger partial charge on any atom is 0.236 e. The lowest BCUT2D eigenvalue weighted by atomic mass is 10.1. The summed E-state index contributed by atoms with van der Waals surface area (Å²) in [4.78, 5) is 11.0. The van der Waals surface area contributed by atoms with Crippen molar-refractivity contribution in [2.24, 2.45) is 0 Å². The number of benzene rings is 1. The second-order valence-electron chi connectivity index (χ2n) is 3.53. The molecule has 0 aliphatic rings. The molecule has 0 bridgehead atoms. The molecule has 0 aliphatic heterocycles. The van der Waals surface area contributed by atoms with Crippen molar-refractivity contribution in [3.8, 4) is 11.9 Å². The molecule has 1 aromatic carbocycles. The molecule has 0 radical (unpaired) electrons. The molecule has 4 nitrogen and oxygen atoms in total. The number of carbonyl (C=O) groups excluding carboxylic acids is 1. The fourth-order valence-corrected chi connectivity index (χ4v) is 1.24. The largest absolute Gasteiger partial charge is 0.493 e. The summed E-state index contributed by atoms with van der Waals surface area (Å²) in [5.74, 6) is 0.456. The van der Waals surface area contributed by atoms with E-state index in [0.29, 0.717) is 0 Å². The van der Waals surface area contributed by atoms with Gasteiger partial charge in [0.2, 0.25) is 5.91 Å². The number of amides is 1. The van der Waals surface area contributed by atoms with Crippen LogP contribution in [0.3, 0.4) is 0 Å². The van der Waals surface area contributed by atoms with E-state index < -0.39 is 0 Å². The smallest absolute Gasteiger partial charge is 0.236 e. The lowest BCUT2D eigenvalue weighted by Gasteiger charge is -2.08. The lowest BCUT2D eigenvalue weighted by Crippen LogP contribution is -2.19. The molecule has 1 N–H and O–H groups in total. The number of ether oxygens (including phenoxy) is 1. The van der Waals surface area contributed by atoms with Gasteiger partial charge in [-0.2, -0.15) is 5.26 Å². The first kappa shape index (κ1) is 12.1. The molecule has 0 heterocycles. The maximum absolute atomic E-state index is 11.0. The van der Waals surface area contributed by atoms with Crippen molar-refractivity contribution in [1.29, 1.82) is 5.26 Å². The van der Waals surface area contributed by atoms with Crippen LogP contribution in [0.25, 0.3) is 0 Å². The fourth-order valence-electron chi connectivity index (χ4n) is 1.24. The lowest BCUT2D eigenvalue weighted by molar-refractivity contribution is -0.120. The Balaban J connectivity index is 2.46. The minimum atomic E-state index is -0.326. The number of nitrogens with one attached hydrogen (secondary N) is 1. The summed E-state index contributed by atoms with van der Waals surface area (Å²) < 4.78 is 5.46. The maximum atomic E-state index is 11.0. The van der Waals surface area contributed by atoms with Crippen LogP contribution in [0, 0.1) is 25.3 Å². The van der Waals surface area contributed by atoms with E-state index in [1.807, 2.05) is 37.4 Å². The highest BCUT2D eigenvalue weighted by Crippen LogP contribution is 2.18. The first-order valence-electron chi connectivity index (χ1n) is 5.01. The summed E-state index contributed by atoms with van der Waals surface area (Å²) in [7, 11) is 0. The van der Waals surface area contributed by atoms with Crippen LogP contribution in [0.1, 0.15) is 17.5 Å². The predicted molar refractivity (Wildman–Crippen MR) is 59.8 cm³/mol. The number of nitriles is 1. The second kappa shape index (κ2) is 5.76. The summed E-state index contributed by atoms with van der Waals surface area (Å²) in [5.41, 5.74) is 2.15. The van der Waals surface area contributed by atoms with Gasteiger partial charge in [0.15, 0.2) is 6.19 Å². The molecule has 1 amide bonds. The van der Waals surface area contributed by atoms with E-state index >= 15 is 0 Å². The van der Waals surface area contributed by atoms with Gasteiger partial charge >= 0.3 is 0 Å². The number of hydrogen-bond donors (Lipinski definition) is 1. The molecule has 4 heteroatoms. The minimum Gasteiger partial charge on any atom is -0.493 e. The molecule has 0 fully saturated rings. The first-order chi connectivity index (χ1) is 7.63. The highest BCUT2D eigenvalue weighted by molar-refractivity contribution is 5.77. The molecule has 16 heavy (non-hydrogen) atoms.